The van der Waals surface area contributed by atoms with Crippen LogP contribution in [0.3, 0.4) is 0 Å². The maximum Gasteiger partial charge on any atom is 0.151 e. The Bertz CT molecular complexity index is 606. The highest BCUT2D eigenvalue weighted by Crippen LogP contribution is 2.35. The van der Waals surface area contributed by atoms with Crippen LogP contribution in [0.4, 0.5) is 0 Å². The molecule has 0 saturated heterocycles. The van der Waals surface area contributed by atoms with Crippen molar-refractivity contribution in [2.45, 2.75) is 10.5 Å². The van der Waals surface area contributed by atoms with Gasteiger partial charge in [-0.05, 0) is 11.1 Å². The maximum absolute atomic E-state index is 7.51. The number of nitrogens with two attached hydrogens (primary N) is 4. The Labute approximate surface area is 169 Å². The summed E-state index contributed by atoms with van der Waals surface area (Å²) < 4.78 is 0. The van der Waals surface area contributed by atoms with Crippen LogP contribution < -0.4 is 22.9 Å². The summed E-state index contributed by atoms with van der Waals surface area (Å²) in [5.74, 6) is 1.06. The minimum atomic E-state index is -0.0963. The highest BCUT2D eigenvalue weighted by atomic mass is 32.2. The molecule has 0 heterocycles. The van der Waals surface area contributed by atoms with Crippen LogP contribution in [0.15, 0.2) is 24.3 Å². The van der Waals surface area contributed by atoms with Gasteiger partial charge in [0.05, 0.1) is 0 Å². The van der Waals surface area contributed by atoms with Crippen molar-refractivity contribution in [3.05, 3.63) is 35.4 Å². The lowest BCUT2D eigenvalue weighted by Gasteiger charge is -2.18. The highest BCUT2D eigenvalue weighted by molar-refractivity contribution is 8.17. The van der Waals surface area contributed by atoms with Crippen LogP contribution in [0.1, 0.15) is 21.6 Å². The third kappa shape index (κ3) is 8.74. The Balaban J connectivity index is 2.95. The minimum absolute atomic E-state index is 0.00565. The zero-order valence-electron chi connectivity index (χ0n) is 13.8. The summed E-state index contributed by atoms with van der Waals surface area (Å²) in [5.41, 5.74) is 23.8. The molecule has 2 atom stereocenters. The van der Waals surface area contributed by atoms with Crippen molar-refractivity contribution in [2.24, 2.45) is 22.9 Å². The van der Waals surface area contributed by atoms with Crippen LogP contribution in [0.5, 0.6) is 0 Å². The first kappa shape index (κ1) is 22.5. The summed E-state index contributed by atoms with van der Waals surface area (Å²) in [5, 5.41) is 29.6. The molecule has 0 spiro atoms. The molecular weight excluding hydrogens is 408 g/mol. The Hall–Kier alpha value is -1.50. The third-order valence-corrected chi connectivity index (χ3v) is 7.00. The molecule has 2 unspecified atom stereocenters. The van der Waals surface area contributed by atoms with Crippen molar-refractivity contribution >= 4 is 67.7 Å². The number of amidine groups is 4. The van der Waals surface area contributed by atoms with Gasteiger partial charge in [-0.3, -0.25) is 21.6 Å². The molecule has 0 aliphatic carbocycles. The lowest BCUT2D eigenvalue weighted by Crippen LogP contribution is -2.13. The fourth-order valence-corrected chi connectivity index (χ4v) is 5.16. The van der Waals surface area contributed by atoms with Crippen molar-refractivity contribution in [3.8, 4) is 0 Å². The fraction of sp³-hybridized carbons (Fsp3) is 0.286. The Morgan fingerprint density at radius 3 is 1.19 bits per heavy atom. The standard InChI is InChI=1S/C14H22N8S4/c15-11(16)23-5-9(25-13(19)20)7-1-2-8(4-3-7)10(26-14(21)22)6-24-12(17)18/h1-4,9-10H,5-6H2,(H3,15,16)(H3,17,18)(H3,19,20)(H3,21,22). The lowest BCUT2D eigenvalue weighted by atomic mass is 10.1. The molecule has 8 nitrogen and oxygen atoms in total. The molecule has 26 heavy (non-hydrogen) atoms. The number of hydrogen-bond acceptors (Lipinski definition) is 8. The Morgan fingerprint density at radius 2 is 0.962 bits per heavy atom. The topological polar surface area (TPSA) is 199 Å². The van der Waals surface area contributed by atoms with Crippen molar-refractivity contribution in [1.29, 1.82) is 21.6 Å². The number of thioether (sulfide) groups is 4. The number of benzene rings is 1. The third-order valence-electron chi connectivity index (χ3n) is 3.00. The monoisotopic (exact) mass is 430 g/mol. The zero-order chi connectivity index (χ0) is 19.7. The summed E-state index contributed by atoms with van der Waals surface area (Å²) in [6.45, 7) is 0. The molecule has 0 bridgehead atoms. The molecule has 0 saturated carbocycles. The molecule has 0 aromatic heterocycles. The van der Waals surface area contributed by atoms with Gasteiger partial charge in [-0.2, -0.15) is 0 Å². The predicted molar refractivity (Wildman–Crippen MR) is 120 cm³/mol. The van der Waals surface area contributed by atoms with Crippen LogP contribution >= 0.6 is 47.0 Å². The van der Waals surface area contributed by atoms with Crippen LogP contribution in [0.25, 0.3) is 0 Å². The van der Waals surface area contributed by atoms with Crippen molar-refractivity contribution in [3.63, 3.8) is 0 Å². The number of rotatable bonds is 8. The first-order valence-corrected chi connectivity index (χ1v) is 11.0. The number of nitrogens with one attached hydrogen (secondary N) is 4. The second-order valence-corrected chi connectivity index (χ2v) is 9.57. The molecule has 1 aromatic rings. The largest absolute Gasteiger partial charge is 0.379 e. The van der Waals surface area contributed by atoms with E-state index in [4.69, 9.17) is 44.6 Å². The van der Waals surface area contributed by atoms with E-state index in [-0.39, 0.29) is 31.2 Å². The van der Waals surface area contributed by atoms with E-state index >= 15 is 0 Å². The van der Waals surface area contributed by atoms with E-state index in [0.29, 0.717) is 11.5 Å². The van der Waals surface area contributed by atoms with Crippen molar-refractivity contribution < 1.29 is 0 Å². The molecule has 0 aliphatic rings. The summed E-state index contributed by atoms with van der Waals surface area (Å²) in [7, 11) is 0. The zero-order valence-corrected chi connectivity index (χ0v) is 17.1. The maximum atomic E-state index is 7.51. The van der Waals surface area contributed by atoms with Gasteiger partial charge in [0.2, 0.25) is 0 Å². The Morgan fingerprint density at radius 1 is 0.654 bits per heavy atom. The Kier molecular flexibility index (Phi) is 9.76. The second kappa shape index (κ2) is 11.3. The van der Waals surface area contributed by atoms with Crippen LogP contribution in [-0.2, 0) is 0 Å². The van der Waals surface area contributed by atoms with E-state index in [9.17, 15) is 0 Å². The second-order valence-electron chi connectivity index (χ2n) is 4.96. The molecule has 1 rings (SSSR count). The SMILES string of the molecule is N=C(N)SCC(SC(=N)N)c1ccc(C(CSC(=N)N)SC(=N)N)cc1. The van der Waals surface area contributed by atoms with Crippen LogP contribution in [0.2, 0.25) is 0 Å². The van der Waals surface area contributed by atoms with Gasteiger partial charge in [0.15, 0.2) is 20.7 Å². The van der Waals surface area contributed by atoms with Gasteiger partial charge in [0, 0.05) is 22.0 Å². The molecule has 0 amide bonds. The molecular formula is C14H22N8S4. The first-order valence-electron chi connectivity index (χ1n) is 7.24. The van der Waals surface area contributed by atoms with Gasteiger partial charge < -0.3 is 22.9 Å². The van der Waals surface area contributed by atoms with E-state index in [1.54, 1.807) is 0 Å². The molecule has 0 fully saturated rings. The summed E-state index contributed by atoms with van der Waals surface area (Å²) in [6, 6.07) is 7.73. The normalized spacial score (nSPS) is 12.9. The molecule has 12 heteroatoms. The first-order chi connectivity index (χ1) is 12.2. The molecule has 12 N–H and O–H groups in total. The van der Waals surface area contributed by atoms with Gasteiger partial charge in [0.25, 0.3) is 0 Å². The van der Waals surface area contributed by atoms with Crippen LogP contribution in [0, 0.1) is 21.6 Å². The van der Waals surface area contributed by atoms with Gasteiger partial charge in [-0.1, -0.05) is 71.3 Å². The van der Waals surface area contributed by atoms with Gasteiger partial charge in [0.1, 0.15) is 0 Å². The van der Waals surface area contributed by atoms with Crippen molar-refractivity contribution in [2.75, 3.05) is 11.5 Å². The fourth-order valence-electron chi connectivity index (χ4n) is 1.96. The molecule has 0 radical (unpaired) electrons. The number of hydrogen-bond donors (Lipinski definition) is 8. The van der Waals surface area contributed by atoms with Gasteiger partial charge in [-0.15, -0.1) is 0 Å². The summed E-state index contributed by atoms with van der Waals surface area (Å²) in [4.78, 5) is 0. The summed E-state index contributed by atoms with van der Waals surface area (Å²) >= 11 is 4.84. The van der Waals surface area contributed by atoms with Crippen molar-refractivity contribution in [1.82, 2.24) is 0 Å². The van der Waals surface area contributed by atoms with E-state index < -0.39 is 0 Å². The van der Waals surface area contributed by atoms with Gasteiger partial charge in [-0.25, -0.2) is 0 Å². The smallest absolute Gasteiger partial charge is 0.151 e. The average molecular weight is 431 g/mol. The molecule has 142 valence electrons. The van der Waals surface area contributed by atoms with Gasteiger partial charge >= 0.3 is 0 Å². The van der Waals surface area contributed by atoms with Crippen LogP contribution in [-0.4, -0.2) is 32.2 Å². The quantitative estimate of drug-likeness (QED) is 0.226. The summed E-state index contributed by atoms with van der Waals surface area (Å²) in [6.07, 6.45) is 0. The highest BCUT2D eigenvalue weighted by Gasteiger charge is 2.18. The average Bonchev–Trinajstić information content (AvgIpc) is 2.54. The van der Waals surface area contributed by atoms with E-state index in [0.717, 1.165) is 11.1 Å². The minimum Gasteiger partial charge on any atom is -0.379 e. The molecule has 1 aromatic carbocycles. The lowest BCUT2D eigenvalue weighted by molar-refractivity contribution is 1.09. The van der Waals surface area contributed by atoms with E-state index in [2.05, 4.69) is 0 Å². The predicted octanol–water partition coefficient (Wildman–Crippen LogP) is 2.28. The van der Waals surface area contributed by atoms with E-state index in [1.165, 1.54) is 47.0 Å². The van der Waals surface area contributed by atoms with E-state index in [1.807, 2.05) is 24.3 Å². The molecule has 0 aliphatic heterocycles.